The van der Waals surface area contributed by atoms with Gasteiger partial charge in [-0.3, -0.25) is 4.99 Å². The minimum absolute atomic E-state index is 0.259. The second-order valence-corrected chi connectivity index (χ2v) is 6.36. The molecule has 3 aromatic rings. The van der Waals surface area contributed by atoms with Gasteiger partial charge in [0.1, 0.15) is 13.2 Å². The monoisotopic (exact) mass is 391 g/mol. The Morgan fingerprint density at radius 2 is 2.03 bits per heavy atom. The molecule has 0 radical (unpaired) electrons. The van der Waals surface area contributed by atoms with Crippen LogP contribution in [0.5, 0.6) is 11.6 Å². The molecule has 1 aromatic heterocycles. The summed E-state index contributed by atoms with van der Waals surface area (Å²) in [4.78, 5) is 18.8. The zero-order valence-electron chi connectivity index (χ0n) is 15.9. The van der Waals surface area contributed by atoms with E-state index in [0.717, 1.165) is 16.7 Å². The summed E-state index contributed by atoms with van der Waals surface area (Å²) in [5.41, 5.74) is 5.54. The van der Waals surface area contributed by atoms with E-state index in [0.29, 0.717) is 30.7 Å². The standard InChI is InChI=1S/C22H21N3O4/c1-23-21(25-29-27-14-16-7-3-2-4-8-16)18-10-5-9-17(13-18)20-15-26-19-11-6-12-24-22(19)28-20/h2-13,20H,14-15H2,1H3,(H,23,25)/t20-/m0/s1. The highest BCUT2D eigenvalue weighted by atomic mass is 17.3. The lowest BCUT2D eigenvalue weighted by Crippen LogP contribution is -2.26. The predicted octanol–water partition coefficient (Wildman–Crippen LogP) is 3.62. The Hall–Kier alpha value is -3.42. The van der Waals surface area contributed by atoms with Crippen LogP contribution in [0.1, 0.15) is 22.8 Å². The van der Waals surface area contributed by atoms with Crippen LogP contribution < -0.4 is 15.0 Å². The molecule has 7 heteroatoms. The molecule has 2 heterocycles. The van der Waals surface area contributed by atoms with Crippen molar-refractivity contribution in [1.82, 2.24) is 10.5 Å². The van der Waals surface area contributed by atoms with Crippen molar-refractivity contribution in [2.45, 2.75) is 12.7 Å². The molecule has 0 unspecified atom stereocenters. The lowest BCUT2D eigenvalue weighted by Gasteiger charge is -2.26. The van der Waals surface area contributed by atoms with Crippen LogP contribution >= 0.6 is 0 Å². The Balaban J connectivity index is 1.38. The van der Waals surface area contributed by atoms with Crippen molar-refractivity contribution >= 4 is 5.84 Å². The molecule has 0 saturated heterocycles. The van der Waals surface area contributed by atoms with Crippen molar-refractivity contribution in [3.05, 3.63) is 89.6 Å². The highest BCUT2D eigenvalue weighted by Crippen LogP contribution is 2.34. The van der Waals surface area contributed by atoms with Gasteiger partial charge < -0.3 is 9.47 Å². The Morgan fingerprint density at radius 1 is 1.14 bits per heavy atom. The predicted molar refractivity (Wildman–Crippen MR) is 107 cm³/mol. The van der Waals surface area contributed by atoms with E-state index >= 15 is 0 Å². The fourth-order valence-corrected chi connectivity index (χ4v) is 2.93. The van der Waals surface area contributed by atoms with Gasteiger partial charge in [-0.2, -0.15) is 0 Å². The van der Waals surface area contributed by atoms with Gasteiger partial charge in [0, 0.05) is 18.8 Å². The van der Waals surface area contributed by atoms with Crippen molar-refractivity contribution in [2.75, 3.05) is 13.7 Å². The number of nitrogens with one attached hydrogen (secondary N) is 1. The molecule has 148 valence electrons. The Morgan fingerprint density at radius 3 is 2.90 bits per heavy atom. The van der Waals surface area contributed by atoms with Crippen molar-refractivity contribution in [3.63, 3.8) is 0 Å². The average molecular weight is 391 g/mol. The number of ether oxygens (including phenoxy) is 2. The normalized spacial score (nSPS) is 15.8. The third-order valence-electron chi connectivity index (χ3n) is 4.40. The van der Waals surface area contributed by atoms with Crippen LogP contribution in [0.3, 0.4) is 0 Å². The van der Waals surface area contributed by atoms with Crippen molar-refractivity contribution in [2.24, 2.45) is 4.99 Å². The number of amidine groups is 1. The van der Waals surface area contributed by atoms with E-state index in [4.69, 9.17) is 19.3 Å². The van der Waals surface area contributed by atoms with Crippen LogP contribution in [0.15, 0.2) is 77.9 Å². The number of fused-ring (bicyclic) bond motifs is 1. The van der Waals surface area contributed by atoms with E-state index in [2.05, 4.69) is 15.5 Å². The number of pyridine rings is 1. The summed E-state index contributed by atoms with van der Waals surface area (Å²) in [6, 6.07) is 21.2. The number of hydroxylamine groups is 1. The van der Waals surface area contributed by atoms with Gasteiger partial charge in [0.25, 0.3) is 5.88 Å². The zero-order chi connectivity index (χ0) is 19.9. The molecule has 1 aliphatic heterocycles. The number of rotatable bonds is 6. The molecular formula is C22H21N3O4. The largest absolute Gasteiger partial charge is 0.484 e. The van der Waals surface area contributed by atoms with Crippen LogP contribution in [-0.4, -0.2) is 24.5 Å². The minimum Gasteiger partial charge on any atom is -0.484 e. The quantitative estimate of drug-likeness (QED) is 0.227. The first-order valence-electron chi connectivity index (χ1n) is 9.23. The van der Waals surface area contributed by atoms with E-state index in [9.17, 15) is 0 Å². The second kappa shape index (κ2) is 9.18. The molecule has 2 aromatic carbocycles. The summed E-state index contributed by atoms with van der Waals surface area (Å²) in [5, 5.41) is 0. The molecule has 4 rings (SSSR count). The van der Waals surface area contributed by atoms with Gasteiger partial charge in [-0.05, 0) is 29.3 Å². The Labute approximate surface area is 168 Å². The third kappa shape index (κ3) is 4.71. The summed E-state index contributed by atoms with van der Waals surface area (Å²) in [5.74, 6) is 1.69. The minimum atomic E-state index is -0.259. The number of aliphatic imine (C=N–C) groups is 1. The molecule has 0 fully saturated rings. The van der Waals surface area contributed by atoms with Crippen LogP contribution in [0.2, 0.25) is 0 Å². The lowest BCUT2D eigenvalue weighted by molar-refractivity contribution is -0.330. The number of hydrogen-bond donors (Lipinski definition) is 1. The topological polar surface area (TPSA) is 74.2 Å². The molecule has 0 bridgehead atoms. The van der Waals surface area contributed by atoms with Gasteiger partial charge in [-0.1, -0.05) is 48.5 Å². The Kier molecular flexibility index (Phi) is 5.99. The first-order chi connectivity index (χ1) is 14.3. The van der Waals surface area contributed by atoms with E-state index in [1.165, 1.54) is 0 Å². The SMILES string of the molecule is CN=C(NOOCc1ccccc1)c1cccc([C@@H]2COc3cccnc3O2)c1. The number of nitrogens with zero attached hydrogens (tertiary/aromatic N) is 2. The molecule has 0 spiro atoms. The lowest BCUT2D eigenvalue weighted by atomic mass is 10.1. The second-order valence-electron chi connectivity index (χ2n) is 6.36. The summed E-state index contributed by atoms with van der Waals surface area (Å²) in [7, 11) is 1.68. The molecule has 0 amide bonds. The van der Waals surface area contributed by atoms with Gasteiger partial charge in [0.05, 0.1) is 0 Å². The molecule has 29 heavy (non-hydrogen) atoms. The smallest absolute Gasteiger partial charge is 0.257 e. The summed E-state index contributed by atoms with van der Waals surface area (Å²) in [6.07, 6.45) is 1.42. The third-order valence-corrected chi connectivity index (χ3v) is 4.40. The molecular weight excluding hydrogens is 370 g/mol. The van der Waals surface area contributed by atoms with E-state index < -0.39 is 0 Å². The van der Waals surface area contributed by atoms with E-state index in [1.54, 1.807) is 13.2 Å². The number of hydrogen-bond acceptors (Lipinski definition) is 6. The molecule has 1 aliphatic rings. The fraction of sp³-hybridized carbons (Fsp3) is 0.182. The highest BCUT2D eigenvalue weighted by Gasteiger charge is 2.23. The maximum atomic E-state index is 5.98. The van der Waals surface area contributed by atoms with Gasteiger partial charge in [-0.15, -0.1) is 4.99 Å². The number of benzene rings is 2. The molecule has 1 atom stereocenters. The molecule has 7 nitrogen and oxygen atoms in total. The summed E-state index contributed by atoms with van der Waals surface area (Å²) in [6.45, 7) is 0.732. The Bertz CT molecular complexity index is 979. The van der Waals surface area contributed by atoms with E-state index in [1.807, 2.05) is 66.7 Å². The highest BCUT2D eigenvalue weighted by molar-refractivity contribution is 5.98. The first-order valence-corrected chi connectivity index (χ1v) is 9.23. The van der Waals surface area contributed by atoms with Crippen LogP contribution in [0, 0.1) is 0 Å². The van der Waals surface area contributed by atoms with Crippen molar-refractivity contribution in [1.29, 1.82) is 0 Å². The first kappa shape index (κ1) is 18.9. The average Bonchev–Trinajstić information content (AvgIpc) is 2.79. The van der Waals surface area contributed by atoms with Gasteiger partial charge in [0.2, 0.25) is 0 Å². The summed E-state index contributed by atoms with van der Waals surface area (Å²) >= 11 is 0. The maximum absolute atomic E-state index is 5.98. The van der Waals surface area contributed by atoms with Crippen molar-refractivity contribution in [3.8, 4) is 11.6 Å². The molecule has 0 saturated carbocycles. The van der Waals surface area contributed by atoms with Gasteiger partial charge in [0.15, 0.2) is 17.7 Å². The summed E-state index contributed by atoms with van der Waals surface area (Å²) < 4.78 is 11.7. The fourth-order valence-electron chi connectivity index (χ4n) is 2.93. The van der Waals surface area contributed by atoms with Crippen LogP contribution in [0.4, 0.5) is 0 Å². The van der Waals surface area contributed by atoms with Crippen LogP contribution in [-0.2, 0) is 16.5 Å². The van der Waals surface area contributed by atoms with Crippen molar-refractivity contribution < 1.29 is 19.3 Å². The van der Waals surface area contributed by atoms with Gasteiger partial charge in [-0.25, -0.2) is 15.4 Å². The number of aromatic nitrogens is 1. The molecule has 1 N–H and O–H groups in total. The zero-order valence-corrected chi connectivity index (χ0v) is 15.9. The molecule has 0 aliphatic carbocycles. The van der Waals surface area contributed by atoms with Crippen LogP contribution in [0.25, 0.3) is 0 Å². The van der Waals surface area contributed by atoms with E-state index in [-0.39, 0.29) is 6.10 Å². The van der Waals surface area contributed by atoms with Gasteiger partial charge >= 0.3 is 0 Å². The maximum Gasteiger partial charge on any atom is 0.257 e.